The molecule has 0 unspecified atom stereocenters. The second-order valence-electron chi connectivity index (χ2n) is 12.0. The van der Waals surface area contributed by atoms with E-state index in [9.17, 15) is 0 Å². The summed E-state index contributed by atoms with van der Waals surface area (Å²) in [6, 6.07) is 35.8. The summed E-state index contributed by atoms with van der Waals surface area (Å²) in [5, 5.41) is 0. The van der Waals surface area contributed by atoms with Gasteiger partial charge in [0.1, 0.15) is 0 Å². The van der Waals surface area contributed by atoms with Gasteiger partial charge in [-0.05, 0) is 113 Å². The molecule has 0 aliphatic carbocycles. The molecule has 8 nitrogen and oxygen atoms in total. The predicted octanol–water partition coefficient (Wildman–Crippen LogP) is 6.95. The summed E-state index contributed by atoms with van der Waals surface area (Å²) in [7, 11) is 3.37. The number of nitrogens with zero attached hydrogens (tertiary/aromatic N) is 6. The van der Waals surface area contributed by atoms with E-state index >= 15 is 0 Å². The first-order valence-corrected chi connectivity index (χ1v) is 16.1. The van der Waals surface area contributed by atoms with Gasteiger partial charge in [0.15, 0.2) is 11.2 Å². The van der Waals surface area contributed by atoms with Gasteiger partial charge in [-0.25, -0.2) is 0 Å². The Balaban J connectivity index is 1.37. The number of aromatic nitrogens is 6. The van der Waals surface area contributed by atoms with Crippen LogP contribution in [0.1, 0.15) is 68.3 Å². The highest BCUT2D eigenvalue weighted by Crippen LogP contribution is 2.39. The molecule has 0 atom stereocenters. The summed E-state index contributed by atoms with van der Waals surface area (Å²) >= 11 is 0. The van der Waals surface area contributed by atoms with E-state index in [4.69, 9.17) is 39.4 Å². The Morgan fingerprint density at radius 3 is 0.875 bits per heavy atom. The van der Waals surface area contributed by atoms with Crippen molar-refractivity contribution in [1.82, 2.24) is 29.9 Å². The molecule has 0 spiro atoms. The quantitative estimate of drug-likeness (QED) is 0.151. The Morgan fingerprint density at radius 1 is 0.375 bits per heavy atom. The maximum absolute atomic E-state index is 6.36. The Kier molecular flexibility index (Phi) is 9.48. The van der Waals surface area contributed by atoms with Crippen molar-refractivity contribution in [3.8, 4) is 0 Å². The SMILES string of the molecule is COC(c1cccc(C)n1)(c1cccc(C)n1)c1cccc(CCc2cccc(C(OC)(c3cccc(C)n3)c3cccc(C)n3)n2)n1. The minimum atomic E-state index is -1.09. The molecule has 6 rings (SSSR count). The van der Waals surface area contributed by atoms with Crippen molar-refractivity contribution in [1.29, 1.82) is 0 Å². The van der Waals surface area contributed by atoms with Crippen molar-refractivity contribution in [3.05, 3.63) is 178 Å². The standard InChI is InChI=1S/C40H40N6O2/c1-27-13-7-19-33(41-27)39(47-5,34-20-8-14-28(2)42-34)37-23-11-17-31(45-37)25-26-32-18-12-24-38(46-32)40(48-6,35-21-9-15-29(3)43-35)36-22-10-16-30(4)44-36/h7-24H,25-26H2,1-6H3. The van der Waals surface area contributed by atoms with Gasteiger partial charge in [0.05, 0.1) is 34.2 Å². The first-order chi connectivity index (χ1) is 23.3. The molecule has 0 amide bonds. The molecule has 6 aromatic rings. The van der Waals surface area contributed by atoms with Crippen LogP contribution in [0.3, 0.4) is 0 Å². The van der Waals surface area contributed by atoms with E-state index < -0.39 is 11.2 Å². The van der Waals surface area contributed by atoms with Crippen LogP contribution < -0.4 is 0 Å². The van der Waals surface area contributed by atoms with Gasteiger partial charge in [0, 0.05) is 48.4 Å². The van der Waals surface area contributed by atoms with Crippen LogP contribution in [0, 0.1) is 27.7 Å². The molecule has 6 heterocycles. The molecule has 0 saturated carbocycles. The fraction of sp³-hybridized carbons (Fsp3) is 0.250. The van der Waals surface area contributed by atoms with E-state index in [1.807, 2.05) is 137 Å². The van der Waals surface area contributed by atoms with Crippen molar-refractivity contribution < 1.29 is 9.47 Å². The van der Waals surface area contributed by atoms with Crippen molar-refractivity contribution in [3.63, 3.8) is 0 Å². The van der Waals surface area contributed by atoms with Crippen LogP contribution >= 0.6 is 0 Å². The van der Waals surface area contributed by atoms with E-state index in [0.29, 0.717) is 12.8 Å². The highest BCUT2D eigenvalue weighted by atomic mass is 16.5. The van der Waals surface area contributed by atoms with E-state index in [-0.39, 0.29) is 0 Å². The van der Waals surface area contributed by atoms with E-state index in [1.165, 1.54) is 0 Å². The molecule has 0 aromatic carbocycles. The summed E-state index contributed by atoms with van der Waals surface area (Å²) < 4.78 is 12.7. The van der Waals surface area contributed by atoms with Crippen molar-refractivity contribution in [2.75, 3.05) is 14.2 Å². The van der Waals surface area contributed by atoms with Crippen LogP contribution in [-0.4, -0.2) is 44.1 Å². The number of ether oxygens (including phenoxy) is 2. The first kappa shape index (κ1) is 32.7. The minimum Gasteiger partial charge on any atom is -0.359 e. The molecule has 48 heavy (non-hydrogen) atoms. The molecule has 0 bridgehead atoms. The number of pyridine rings is 6. The Labute approximate surface area is 282 Å². The van der Waals surface area contributed by atoms with Crippen LogP contribution in [0.2, 0.25) is 0 Å². The number of methoxy groups -OCH3 is 2. The average Bonchev–Trinajstić information content (AvgIpc) is 3.09. The maximum Gasteiger partial charge on any atom is 0.193 e. The van der Waals surface area contributed by atoms with E-state index in [0.717, 1.165) is 68.3 Å². The number of hydrogen-bond acceptors (Lipinski definition) is 8. The van der Waals surface area contributed by atoms with Gasteiger partial charge in [-0.15, -0.1) is 0 Å². The molecule has 0 aliphatic rings. The second-order valence-corrected chi connectivity index (χ2v) is 12.0. The van der Waals surface area contributed by atoms with Gasteiger partial charge in [-0.1, -0.05) is 36.4 Å². The lowest BCUT2D eigenvalue weighted by Crippen LogP contribution is -2.35. The number of rotatable bonds is 11. The van der Waals surface area contributed by atoms with Crippen molar-refractivity contribution in [2.45, 2.75) is 51.7 Å². The van der Waals surface area contributed by atoms with Gasteiger partial charge >= 0.3 is 0 Å². The topological polar surface area (TPSA) is 95.8 Å². The third-order valence-electron chi connectivity index (χ3n) is 8.58. The van der Waals surface area contributed by atoms with Crippen molar-refractivity contribution in [2.24, 2.45) is 0 Å². The fourth-order valence-electron chi connectivity index (χ4n) is 6.26. The van der Waals surface area contributed by atoms with Crippen LogP contribution in [0.5, 0.6) is 0 Å². The molecule has 242 valence electrons. The normalized spacial score (nSPS) is 11.9. The minimum absolute atomic E-state index is 0.651. The van der Waals surface area contributed by atoms with Gasteiger partial charge in [0.2, 0.25) is 0 Å². The van der Waals surface area contributed by atoms with Gasteiger partial charge in [-0.3, -0.25) is 29.9 Å². The highest BCUT2D eigenvalue weighted by Gasteiger charge is 2.42. The smallest absolute Gasteiger partial charge is 0.193 e. The lowest BCUT2D eigenvalue weighted by atomic mass is 9.88. The summed E-state index contributed by atoms with van der Waals surface area (Å²) in [4.78, 5) is 29.9. The van der Waals surface area contributed by atoms with Crippen molar-refractivity contribution >= 4 is 0 Å². The lowest BCUT2D eigenvalue weighted by molar-refractivity contribution is 0.0469. The summed E-state index contributed by atoms with van der Waals surface area (Å²) in [6.07, 6.45) is 1.30. The third-order valence-corrected chi connectivity index (χ3v) is 8.58. The molecule has 8 heteroatoms. The summed E-state index contributed by atoms with van der Waals surface area (Å²) in [6.45, 7) is 7.89. The zero-order valence-electron chi connectivity index (χ0n) is 28.3. The zero-order valence-corrected chi connectivity index (χ0v) is 28.3. The predicted molar refractivity (Wildman–Crippen MR) is 186 cm³/mol. The molecule has 0 saturated heterocycles. The van der Waals surface area contributed by atoms with Crippen LogP contribution in [0.25, 0.3) is 0 Å². The average molecular weight is 637 g/mol. The molecule has 0 fully saturated rings. The van der Waals surface area contributed by atoms with Crippen LogP contribution in [0.15, 0.2) is 109 Å². The second kappa shape index (κ2) is 13.9. The molecular formula is C40H40N6O2. The van der Waals surface area contributed by atoms with E-state index in [1.54, 1.807) is 14.2 Å². The number of aryl methyl sites for hydroxylation is 6. The lowest BCUT2D eigenvalue weighted by Gasteiger charge is -2.32. The molecule has 6 aromatic heterocycles. The molecule has 0 aliphatic heterocycles. The Bertz CT molecular complexity index is 1810. The summed E-state index contributed by atoms with van der Waals surface area (Å²) in [5.74, 6) is 0. The third kappa shape index (κ3) is 6.24. The van der Waals surface area contributed by atoms with E-state index in [2.05, 4.69) is 0 Å². The summed E-state index contributed by atoms with van der Waals surface area (Å²) in [5.41, 5.74) is 7.52. The van der Waals surface area contributed by atoms with Crippen LogP contribution in [0.4, 0.5) is 0 Å². The monoisotopic (exact) mass is 636 g/mol. The number of hydrogen-bond donors (Lipinski definition) is 0. The molecule has 0 N–H and O–H groups in total. The van der Waals surface area contributed by atoms with Gasteiger partial charge in [0.25, 0.3) is 0 Å². The first-order valence-electron chi connectivity index (χ1n) is 16.1. The molecular weight excluding hydrogens is 596 g/mol. The van der Waals surface area contributed by atoms with Gasteiger partial charge < -0.3 is 9.47 Å². The van der Waals surface area contributed by atoms with Gasteiger partial charge in [-0.2, -0.15) is 0 Å². The Morgan fingerprint density at radius 2 is 0.625 bits per heavy atom. The zero-order chi connectivity index (χ0) is 33.7. The largest absolute Gasteiger partial charge is 0.359 e. The van der Waals surface area contributed by atoms with Crippen LogP contribution in [-0.2, 0) is 33.5 Å². The Hall–Kier alpha value is -5.18. The fourth-order valence-corrected chi connectivity index (χ4v) is 6.26. The maximum atomic E-state index is 6.36. The highest BCUT2D eigenvalue weighted by molar-refractivity contribution is 5.42. The molecule has 0 radical (unpaired) electrons.